The van der Waals surface area contributed by atoms with Crippen molar-refractivity contribution in [3.05, 3.63) is 74.2 Å². The van der Waals surface area contributed by atoms with Gasteiger partial charge in [0, 0.05) is 10.7 Å². The first-order valence-corrected chi connectivity index (χ1v) is 8.52. The fourth-order valence-electron chi connectivity index (χ4n) is 2.24. The van der Waals surface area contributed by atoms with Gasteiger partial charge in [0.15, 0.2) is 11.0 Å². The molecule has 0 saturated heterocycles. The predicted molar refractivity (Wildman–Crippen MR) is 100.0 cm³/mol. The molecule has 3 rings (SSSR count). The predicted octanol–water partition coefficient (Wildman–Crippen LogP) is 6.50. The van der Waals surface area contributed by atoms with Crippen LogP contribution in [0.1, 0.15) is 11.3 Å². The fourth-order valence-corrected chi connectivity index (χ4v) is 3.08. The molecule has 0 saturated carbocycles. The van der Waals surface area contributed by atoms with Crippen molar-refractivity contribution < 1.29 is 4.42 Å². The number of benzene rings is 1. The average Bonchev–Trinajstić information content (AvgIpc) is 3.11. The first kappa shape index (κ1) is 17.9. The highest BCUT2D eigenvalue weighted by Crippen LogP contribution is 2.40. The number of rotatable bonds is 4. The summed E-state index contributed by atoms with van der Waals surface area (Å²) in [5, 5.41) is 9.90. The van der Waals surface area contributed by atoms with Crippen LogP contribution in [0, 0.1) is 11.3 Å². The highest BCUT2D eigenvalue weighted by atomic mass is 35.5. The summed E-state index contributed by atoms with van der Waals surface area (Å²) in [7, 11) is 0. The van der Waals surface area contributed by atoms with Gasteiger partial charge in [-0.2, -0.15) is 5.26 Å². The highest BCUT2D eigenvalue weighted by Gasteiger charge is 2.22. The number of nitrogens with zero attached hydrogens (tertiary/aromatic N) is 3. The first-order valence-electron chi connectivity index (χ1n) is 7.01. The lowest BCUT2D eigenvalue weighted by Crippen LogP contribution is -2.18. The summed E-state index contributed by atoms with van der Waals surface area (Å²) < 4.78 is 5.42. The van der Waals surface area contributed by atoms with Crippen molar-refractivity contribution in [3.63, 3.8) is 0 Å². The minimum Gasteiger partial charge on any atom is -0.467 e. The van der Waals surface area contributed by atoms with Gasteiger partial charge < -0.3 is 9.32 Å². The molecular formula is C17H9Cl4N3O. The molecule has 0 unspecified atom stereocenters. The summed E-state index contributed by atoms with van der Waals surface area (Å²) >= 11 is 24.6. The molecule has 126 valence electrons. The Morgan fingerprint density at radius 1 is 1.04 bits per heavy atom. The molecule has 0 amide bonds. The third-order valence-corrected chi connectivity index (χ3v) is 4.78. The van der Waals surface area contributed by atoms with Gasteiger partial charge >= 0.3 is 0 Å². The molecule has 0 radical (unpaired) electrons. The number of halogens is 4. The Labute approximate surface area is 164 Å². The number of anilines is 2. The molecular weight excluding hydrogens is 404 g/mol. The van der Waals surface area contributed by atoms with Gasteiger partial charge in [-0.15, -0.1) is 0 Å². The van der Waals surface area contributed by atoms with E-state index in [9.17, 15) is 0 Å². The molecule has 0 aliphatic heterocycles. The largest absolute Gasteiger partial charge is 0.467 e. The second-order valence-corrected chi connectivity index (χ2v) is 6.53. The maximum absolute atomic E-state index is 9.15. The Kier molecular flexibility index (Phi) is 5.41. The van der Waals surface area contributed by atoms with E-state index in [-0.39, 0.29) is 20.8 Å². The second-order valence-electron chi connectivity index (χ2n) is 4.98. The lowest BCUT2D eigenvalue weighted by Gasteiger charge is -2.24. The Bertz CT molecular complexity index is 934. The van der Waals surface area contributed by atoms with Crippen molar-refractivity contribution in [2.45, 2.75) is 6.54 Å². The summed E-state index contributed by atoms with van der Waals surface area (Å²) in [6.07, 6.45) is 1.57. The van der Waals surface area contributed by atoms with Gasteiger partial charge in [-0.05, 0) is 36.4 Å². The van der Waals surface area contributed by atoms with Crippen LogP contribution in [0.3, 0.4) is 0 Å². The monoisotopic (exact) mass is 411 g/mol. The van der Waals surface area contributed by atoms with Gasteiger partial charge in [-0.1, -0.05) is 46.4 Å². The number of nitriles is 1. The van der Waals surface area contributed by atoms with Gasteiger partial charge in [0.05, 0.1) is 17.8 Å². The van der Waals surface area contributed by atoms with Crippen molar-refractivity contribution >= 4 is 57.9 Å². The SMILES string of the molecule is N#Cc1c(Cl)nc(N(Cc2ccco2)c2ccc(Cl)cc2)c(Cl)c1Cl. The van der Waals surface area contributed by atoms with Crippen LogP contribution in [0.15, 0.2) is 47.1 Å². The van der Waals surface area contributed by atoms with E-state index in [1.54, 1.807) is 29.4 Å². The van der Waals surface area contributed by atoms with E-state index in [0.717, 1.165) is 5.69 Å². The Morgan fingerprint density at radius 3 is 2.36 bits per heavy atom. The van der Waals surface area contributed by atoms with Gasteiger partial charge in [-0.25, -0.2) is 4.98 Å². The van der Waals surface area contributed by atoms with Gasteiger partial charge in [0.1, 0.15) is 22.4 Å². The smallest absolute Gasteiger partial charge is 0.155 e. The molecule has 0 aliphatic rings. The number of hydrogen-bond donors (Lipinski definition) is 0. The lowest BCUT2D eigenvalue weighted by molar-refractivity contribution is 0.510. The van der Waals surface area contributed by atoms with Crippen LogP contribution in [0.4, 0.5) is 11.5 Å². The van der Waals surface area contributed by atoms with Gasteiger partial charge in [0.25, 0.3) is 0 Å². The Morgan fingerprint density at radius 2 is 1.76 bits per heavy atom. The summed E-state index contributed by atoms with van der Waals surface area (Å²) in [5.74, 6) is 0.999. The molecule has 0 fully saturated rings. The van der Waals surface area contributed by atoms with E-state index >= 15 is 0 Å². The maximum atomic E-state index is 9.15. The molecule has 0 atom stereocenters. The number of aromatic nitrogens is 1. The van der Waals surface area contributed by atoms with Crippen molar-refractivity contribution in [2.75, 3.05) is 4.90 Å². The van der Waals surface area contributed by atoms with Crippen LogP contribution >= 0.6 is 46.4 Å². The molecule has 3 aromatic rings. The molecule has 4 nitrogen and oxygen atoms in total. The number of furan rings is 1. The summed E-state index contributed by atoms with van der Waals surface area (Å²) in [5.41, 5.74) is 0.790. The van der Waals surface area contributed by atoms with E-state index in [1.807, 2.05) is 24.3 Å². The fraction of sp³-hybridized carbons (Fsp3) is 0.0588. The van der Waals surface area contributed by atoms with Crippen molar-refractivity contribution in [3.8, 4) is 6.07 Å². The molecule has 0 aliphatic carbocycles. The molecule has 1 aromatic carbocycles. The van der Waals surface area contributed by atoms with Crippen molar-refractivity contribution in [1.29, 1.82) is 5.26 Å². The van der Waals surface area contributed by atoms with Crippen molar-refractivity contribution in [1.82, 2.24) is 4.98 Å². The molecule has 25 heavy (non-hydrogen) atoms. The number of hydrogen-bond acceptors (Lipinski definition) is 4. The molecule has 8 heteroatoms. The average molecular weight is 413 g/mol. The Hall–Kier alpha value is -1.90. The van der Waals surface area contributed by atoms with E-state index in [1.165, 1.54) is 0 Å². The zero-order valence-corrected chi connectivity index (χ0v) is 15.5. The molecule has 2 heterocycles. The van der Waals surface area contributed by atoms with Crippen LogP contribution in [0.5, 0.6) is 0 Å². The third-order valence-electron chi connectivity index (χ3n) is 3.42. The van der Waals surface area contributed by atoms with Crippen LogP contribution in [-0.4, -0.2) is 4.98 Å². The standard InChI is InChI=1S/C17H9Cl4N3O/c18-10-3-5-11(6-4-10)24(9-12-2-1-7-25-12)17-15(20)14(19)13(8-22)16(21)23-17/h1-7H,9H2. The second kappa shape index (κ2) is 7.55. The minimum atomic E-state index is -0.0229. The topological polar surface area (TPSA) is 53.1 Å². The summed E-state index contributed by atoms with van der Waals surface area (Å²) in [6, 6.07) is 12.6. The van der Waals surface area contributed by atoms with Crippen LogP contribution in [0.25, 0.3) is 0 Å². The van der Waals surface area contributed by atoms with Crippen LogP contribution in [-0.2, 0) is 6.54 Å². The van der Waals surface area contributed by atoms with Crippen LogP contribution in [0.2, 0.25) is 20.2 Å². The first-order chi connectivity index (χ1) is 12.0. The molecule has 2 aromatic heterocycles. The van der Waals surface area contributed by atoms with Crippen molar-refractivity contribution in [2.24, 2.45) is 0 Å². The van der Waals surface area contributed by atoms with E-state index in [4.69, 9.17) is 56.1 Å². The van der Waals surface area contributed by atoms with Gasteiger partial charge in [0.2, 0.25) is 0 Å². The van der Waals surface area contributed by atoms with E-state index < -0.39 is 0 Å². The summed E-state index contributed by atoms with van der Waals surface area (Å²) in [4.78, 5) is 6.04. The van der Waals surface area contributed by atoms with E-state index in [0.29, 0.717) is 23.1 Å². The normalized spacial score (nSPS) is 10.5. The maximum Gasteiger partial charge on any atom is 0.155 e. The van der Waals surface area contributed by atoms with Crippen LogP contribution < -0.4 is 4.90 Å². The zero-order chi connectivity index (χ0) is 18.0. The zero-order valence-electron chi connectivity index (χ0n) is 12.5. The highest BCUT2D eigenvalue weighted by molar-refractivity contribution is 6.45. The minimum absolute atomic E-state index is 0.0229. The Balaban J connectivity index is 2.15. The van der Waals surface area contributed by atoms with E-state index in [2.05, 4.69) is 4.98 Å². The number of pyridine rings is 1. The molecule has 0 N–H and O–H groups in total. The lowest BCUT2D eigenvalue weighted by atomic mass is 10.2. The van der Waals surface area contributed by atoms with Gasteiger partial charge in [-0.3, -0.25) is 0 Å². The quantitative estimate of drug-likeness (QED) is 0.459. The molecule has 0 bridgehead atoms. The third kappa shape index (κ3) is 3.70. The summed E-state index contributed by atoms with van der Waals surface area (Å²) in [6.45, 7) is 0.333. The molecule has 0 spiro atoms.